The first-order chi connectivity index (χ1) is 7.49. The van der Waals surface area contributed by atoms with Crippen molar-refractivity contribution in [1.82, 2.24) is 0 Å². The highest BCUT2D eigenvalue weighted by atomic mass is 16.4. The molecule has 2 heteroatoms. The fourth-order valence-corrected chi connectivity index (χ4v) is 1.88. The molecule has 0 heterocycles. The largest absolute Gasteiger partial charge is 0.481 e. The summed E-state index contributed by atoms with van der Waals surface area (Å²) in [6.45, 7) is 6.34. The molecule has 1 N–H and O–H groups in total. The van der Waals surface area contributed by atoms with Gasteiger partial charge in [-0.2, -0.15) is 0 Å². The summed E-state index contributed by atoms with van der Waals surface area (Å²) in [5.74, 6) is -0.0172. The van der Waals surface area contributed by atoms with Gasteiger partial charge in [-0.05, 0) is 29.4 Å². The van der Waals surface area contributed by atoms with E-state index in [1.54, 1.807) is 0 Å². The summed E-state index contributed by atoms with van der Waals surface area (Å²) in [4.78, 5) is 10.6. The summed E-state index contributed by atoms with van der Waals surface area (Å²) in [5.41, 5.74) is 2.42. The summed E-state index contributed by atoms with van der Waals surface area (Å²) < 4.78 is 0. The zero-order valence-electron chi connectivity index (χ0n) is 10.2. The Hall–Kier alpha value is -1.31. The minimum absolute atomic E-state index is 0.0876. The van der Waals surface area contributed by atoms with Crippen molar-refractivity contribution >= 4 is 5.97 Å². The predicted octanol–water partition coefficient (Wildman–Crippen LogP) is 3.46. The second-order valence-corrected chi connectivity index (χ2v) is 4.84. The van der Waals surface area contributed by atoms with Crippen molar-refractivity contribution in [2.75, 3.05) is 0 Å². The maximum absolute atomic E-state index is 10.6. The molecule has 1 atom stereocenters. The van der Waals surface area contributed by atoms with E-state index in [-0.39, 0.29) is 12.3 Å². The molecule has 2 nitrogen and oxygen atoms in total. The SMILES string of the molecule is CC(C)Cc1cccc(C(C)CC(=O)O)c1. The molecule has 0 aliphatic heterocycles. The number of carboxylic acids is 1. The minimum Gasteiger partial charge on any atom is -0.481 e. The third-order valence-electron chi connectivity index (χ3n) is 2.64. The Morgan fingerprint density at radius 3 is 2.56 bits per heavy atom. The average molecular weight is 220 g/mol. The maximum atomic E-state index is 10.6. The van der Waals surface area contributed by atoms with Gasteiger partial charge in [0.05, 0.1) is 6.42 Å². The second-order valence-electron chi connectivity index (χ2n) is 4.84. The zero-order valence-corrected chi connectivity index (χ0v) is 10.2. The van der Waals surface area contributed by atoms with Crippen molar-refractivity contribution in [1.29, 1.82) is 0 Å². The second kappa shape index (κ2) is 5.69. The van der Waals surface area contributed by atoms with Gasteiger partial charge < -0.3 is 5.11 Å². The summed E-state index contributed by atoms with van der Waals surface area (Å²) in [7, 11) is 0. The summed E-state index contributed by atoms with van der Waals surface area (Å²) in [6.07, 6.45) is 1.25. The molecule has 88 valence electrons. The Balaban J connectivity index is 2.77. The van der Waals surface area contributed by atoms with Crippen LogP contribution in [0.3, 0.4) is 0 Å². The topological polar surface area (TPSA) is 37.3 Å². The van der Waals surface area contributed by atoms with Gasteiger partial charge in [0.1, 0.15) is 0 Å². The Labute approximate surface area is 97.3 Å². The van der Waals surface area contributed by atoms with E-state index in [2.05, 4.69) is 26.0 Å². The van der Waals surface area contributed by atoms with E-state index < -0.39 is 5.97 Å². The summed E-state index contributed by atoms with van der Waals surface area (Å²) in [5, 5.41) is 8.76. The Morgan fingerprint density at radius 1 is 1.31 bits per heavy atom. The zero-order chi connectivity index (χ0) is 12.1. The van der Waals surface area contributed by atoms with Crippen molar-refractivity contribution in [3.8, 4) is 0 Å². The van der Waals surface area contributed by atoms with Gasteiger partial charge in [0.15, 0.2) is 0 Å². The van der Waals surface area contributed by atoms with Crippen molar-refractivity contribution in [2.45, 2.75) is 39.5 Å². The van der Waals surface area contributed by atoms with Crippen LogP contribution in [0.15, 0.2) is 24.3 Å². The van der Waals surface area contributed by atoms with Gasteiger partial charge in [0.2, 0.25) is 0 Å². The van der Waals surface area contributed by atoms with Gasteiger partial charge in [-0.3, -0.25) is 4.79 Å². The molecule has 0 saturated heterocycles. The highest BCUT2D eigenvalue weighted by Gasteiger charge is 2.10. The number of hydrogen-bond donors (Lipinski definition) is 1. The van der Waals surface area contributed by atoms with Gasteiger partial charge in [0, 0.05) is 0 Å². The molecule has 0 fully saturated rings. The van der Waals surface area contributed by atoms with E-state index in [1.807, 2.05) is 19.1 Å². The summed E-state index contributed by atoms with van der Waals surface area (Å²) >= 11 is 0. The molecule has 16 heavy (non-hydrogen) atoms. The number of aliphatic carboxylic acids is 1. The van der Waals surface area contributed by atoms with E-state index >= 15 is 0 Å². The summed E-state index contributed by atoms with van der Waals surface area (Å²) in [6, 6.07) is 8.27. The first kappa shape index (κ1) is 12.8. The number of carboxylic acid groups (broad SMARTS) is 1. The number of hydrogen-bond acceptors (Lipinski definition) is 1. The van der Waals surface area contributed by atoms with Crippen LogP contribution in [-0.4, -0.2) is 11.1 Å². The molecule has 1 aromatic carbocycles. The quantitative estimate of drug-likeness (QED) is 0.825. The van der Waals surface area contributed by atoms with Crippen molar-refractivity contribution in [2.24, 2.45) is 5.92 Å². The third kappa shape index (κ3) is 4.05. The molecule has 0 radical (unpaired) electrons. The van der Waals surface area contributed by atoms with Crippen LogP contribution < -0.4 is 0 Å². The average Bonchev–Trinajstić information content (AvgIpc) is 2.16. The standard InChI is InChI=1S/C14H20O2/c1-10(2)7-12-5-4-6-13(9-12)11(3)8-14(15)16/h4-6,9-11H,7-8H2,1-3H3,(H,15,16). The minimum atomic E-state index is -0.734. The molecule has 1 aromatic rings. The predicted molar refractivity (Wildman–Crippen MR) is 65.7 cm³/mol. The monoisotopic (exact) mass is 220 g/mol. The van der Waals surface area contributed by atoms with Gasteiger partial charge >= 0.3 is 5.97 Å². The lowest BCUT2D eigenvalue weighted by Crippen LogP contribution is -2.03. The molecular weight excluding hydrogens is 200 g/mol. The van der Waals surface area contributed by atoms with Gasteiger partial charge in [0.25, 0.3) is 0 Å². The molecule has 0 aromatic heterocycles. The van der Waals surface area contributed by atoms with Crippen LogP contribution in [-0.2, 0) is 11.2 Å². The Bertz CT molecular complexity index is 356. The lowest BCUT2D eigenvalue weighted by molar-refractivity contribution is -0.137. The van der Waals surface area contributed by atoms with E-state index in [0.29, 0.717) is 5.92 Å². The van der Waals surface area contributed by atoms with E-state index in [4.69, 9.17) is 5.11 Å². The van der Waals surface area contributed by atoms with Crippen LogP contribution in [0.5, 0.6) is 0 Å². The van der Waals surface area contributed by atoms with Crippen molar-refractivity contribution in [3.63, 3.8) is 0 Å². The Kier molecular flexibility index (Phi) is 4.53. The van der Waals surface area contributed by atoms with E-state index in [9.17, 15) is 4.79 Å². The molecule has 0 saturated carbocycles. The van der Waals surface area contributed by atoms with Crippen LogP contribution in [0, 0.1) is 5.92 Å². The van der Waals surface area contributed by atoms with Crippen molar-refractivity contribution in [3.05, 3.63) is 35.4 Å². The van der Waals surface area contributed by atoms with Gasteiger partial charge in [-0.1, -0.05) is 45.0 Å². The lowest BCUT2D eigenvalue weighted by atomic mass is 9.94. The highest BCUT2D eigenvalue weighted by Crippen LogP contribution is 2.21. The van der Waals surface area contributed by atoms with Gasteiger partial charge in [-0.15, -0.1) is 0 Å². The number of carbonyl (C=O) groups is 1. The van der Waals surface area contributed by atoms with Crippen LogP contribution in [0.1, 0.15) is 44.2 Å². The molecule has 1 unspecified atom stereocenters. The first-order valence-electron chi connectivity index (χ1n) is 5.79. The fourth-order valence-electron chi connectivity index (χ4n) is 1.88. The van der Waals surface area contributed by atoms with Crippen LogP contribution in [0.25, 0.3) is 0 Å². The molecule has 1 rings (SSSR count). The molecule has 0 amide bonds. The Morgan fingerprint density at radius 2 is 2.00 bits per heavy atom. The van der Waals surface area contributed by atoms with Gasteiger partial charge in [-0.25, -0.2) is 0 Å². The molecular formula is C14H20O2. The highest BCUT2D eigenvalue weighted by molar-refractivity contribution is 5.67. The molecule has 0 bridgehead atoms. The smallest absolute Gasteiger partial charge is 0.303 e. The van der Waals surface area contributed by atoms with Crippen LogP contribution in [0.2, 0.25) is 0 Å². The van der Waals surface area contributed by atoms with Crippen LogP contribution in [0.4, 0.5) is 0 Å². The number of rotatable bonds is 5. The molecule has 0 spiro atoms. The van der Waals surface area contributed by atoms with E-state index in [1.165, 1.54) is 5.56 Å². The molecule has 0 aliphatic carbocycles. The first-order valence-corrected chi connectivity index (χ1v) is 5.79. The lowest BCUT2D eigenvalue weighted by Gasteiger charge is -2.12. The normalized spacial score (nSPS) is 12.8. The van der Waals surface area contributed by atoms with Crippen molar-refractivity contribution < 1.29 is 9.90 Å². The molecule has 0 aliphatic rings. The third-order valence-corrected chi connectivity index (χ3v) is 2.64. The maximum Gasteiger partial charge on any atom is 0.303 e. The van der Waals surface area contributed by atoms with E-state index in [0.717, 1.165) is 12.0 Å². The van der Waals surface area contributed by atoms with Crippen LogP contribution >= 0.6 is 0 Å². The fraction of sp³-hybridized carbons (Fsp3) is 0.500. The number of benzene rings is 1.